The van der Waals surface area contributed by atoms with E-state index in [0.29, 0.717) is 6.54 Å². The summed E-state index contributed by atoms with van der Waals surface area (Å²) in [7, 11) is 0. The van der Waals surface area contributed by atoms with Gasteiger partial charge in [0.05, 0.1) is 0 Å². The third-order valence-corrected chi connectivity index (χ3v) is 3.59. The summed E-state index contributed by atoms with van der Waals surface area (Å²) < 4.78 is 0. The van der Waals surface area contributed by atoms with E-state index >= 15 is 0 Å². The molecule has 0 aromatic heterocycles. The van der Waals surface area contributed by atoms with E-state index in [-0.39, 0.29) is 0 Å². The number of benzene rings is 2. The topological polar surface area (TPSA) is 26.0 Å². The highest BCUT2D eigenvalue weighted by Gasteiger charge is 2.11. The van der Waals surface area contributed by atoms with Gasteiger partial charge in [-0.25, -0.2) is 0 Å². The van der Waals surface area contributed by atoms with E-state index in [2.05, 4.69) is 42.5 Å². The molecule has 1 heteroatoms. The van der Waals surface area contributed by atoms with Crippen molar-refractivity contribution in [2.24, 2.45) is 5.73 Å². The molecule has 2 N–H and O–H groups in total. The molecule has 0 fully saturated rings. The Hall–Kier alpha value is -1.60. The Bertz CT molecular complexity index is 543. The van der Waals surface area contributed by atoms with Gasteiger partial charge in [0.15, 0.2) is 0 Å². The molecule has 17 heavy (non-hydrogen) atoms. The second-order valence-electron chi connectivity index (χ2n) is 4.74. The second-order valence-corrected chi connectivity index (χ2v) is 4.74. The van der Waals surface area contributed by atoms with Gasteiger partial charge in [-0.3, -0.25) is 0 Å². The summed E-state index contributed by atoms with van der Waals surface area (Å²) in [5.41, 5.74) is 12.5. The molecule has 2 aromatic rings. The zero-order valence-electron chi connectivity index (χ0n) is 9.95. The molecule has 0 unspecified atom stereocenters. The molecular formula is C16H17N. The van der Waals surface area contributed by atoms with Crippen LogP contribution >= 0.6 is 0 Å². The zero-order valence-corrected chi connectivity index (χ0v) is 9.95. The van der Waals surface area contributed by atoms with Crippen LogP contribution in [0.25, 0.3) is 11.1 Å². The molecule has 0 atom stereocenters. The Kier molecular flexibility index (Phi) is 2.69. The first kappa shape index (κ1) is 10.5. The summed E-state index contributed by atoms with van der Waals surface area (Å²) in [6.45, 7) is 0.610. The van der Waals surface area contributed by atoms with E-state index in [4.69, 9.17) is 5.73 Å². The third-order valence-electron chi connectivity index (χ3n) is 3.59. The first-order valence-electron chi connectivity index (χ1n) is 6.28. The summed E-state index contributed by atoms with van der Waals surface area (Å²) >= 11 is 0. The maximum atomic E-state index is 5.69. The smallest absolute Gasteiger partial charge is 0.0178 e. The Morgan fingerprint density at radius 3 is 2.59 bits per heavy atom. The third kappa shape index (κ3) is 1.98. The van der Waals surface area contributed by atoms with Crippen LogP contribution < -0.4 is 5.73 Å². The van der Waals surface area contributed by atoms with E-state index < -0.39 is 0 Å². The lowest BCUT2D eigenvalue weighted by atomic mass is 9.99. The average Bonchev–Trinajstić information content (AvgIpc) is 2.86. The van der Waals surface area contributed by atoms with Crippen LogP contribution in [0, 0.1) is 0 Å². The van der Waals surface area contributed by atoms with Crippen LogP contribution in [0.1, 0.15) is 23.1 Å². The van der Waals surface area contributed by atoms with Crippen LogP contribution in [0.15, 0.2) is 42.5 Å². The Balaban J connectivity index is 2.03. The van der Waals surface area contributed by atoms with E-state index in [1.165, 1.54) is 47.1 Å². The maximum absolute atomic E-state index is 5.69. The minimum atomic E-state index is 0.610. The van der Waals surface area contributed by atoms with Gasteiger partial charge in [-0.15, -0.1) is 0 Å². The molecule has 1 aliphatic carbocycles. The molecule has 0 spiro atoms. The van der Waals surface area contributed by atoms with Crippen molar-refractivity contribution in [1.82, 2.24) is 0 Å². The van der Waals surface area contributed by atoms with Crippen molar-refractivity contribution in [2.75, 3.05) is 0 Å². The maximum Gasteiger partial charge on any atom is 0.0178 e. The lowest BCUT2D eigenvalue weighted by Gasteiger charge is -2.06. The van der Waals surface area contributed by atoms with Crippen molar-refractivity contribution in [1.29, 1.82) is 0 Å². The lowest BCUT2D eigenvalue weighted by Crippen LogP contribution is -1.95. The Morgan fingerprint density at radius 2 is 1.71 bits per heavy atom. The van der Waals surface area contributed by atoms with Crippen LogP contribution in [0.4, 0.5) is 0 Å². The molecule has 1 aliphatic rings. The number of fused-ring (bicyclic) bond motifs is 1. The zero-order chi connectivity index (χ0) is 11.7. The summed E-state index contributed by atoms with van der Waals surface area (Å²) in [5, 5.41) is 0. The van der Waals surface area contributed by atoms with E-state index in [1.54, 1.807) is 0 Å². The van der Waals surface area contributed by atoms with Crippen molar-refractivity contribution in [3.05, 3.63) is 59.2 Å². The van der Waals surface area contributed by atoms with Crippen molar-refractivity contribution < 1.29 is 0 Å². The van der Waals surface area contributed by atoms with Crippen LogP contribution in [-0.4, -0.2) is 0 Å². The predicted molar refractivity (Wildman–Crippen MR) is 71.8 cm³/mol. The molecule has 0 saturated carbocycles. The first-order chi connectivity index (χ1) is 8.36. The highest BCUT2D eigenvalue weighted by molar-refractivity contribution is 5.66. The summed E-state index contributed by atoms with van der Waals surface area (Å²) in [6, 6.07) is 15.4. The molecule has 0 aliphatic heterocycles. The molecule has 3 rings (SSSR count). The molecule has 0 heterocycles. The molecule has 2 aromatic carbocycles. The number of rotatable bonds is 2. The molecule has 0 bridgehead atoms. The highest BCUT2D eigenvalue weighted by Crippen LogP contribution is 2.28. The summed E-state index contributed by atoms with van der Waals surface area (Å²) in [6.07, 6.45) is 3.79. The Morgan fingerprint density at radius 1 is 0.882 bits per heavy atom. The fraction of sp³-hybridized carbons (Fsp3) is 0.250. The van der Waals surface area contributed by atoms with Crippen LogP contribution in [0.2, 0.25) is 0 Å². The molecule has 1 nitrogen and oxygen atoms in total. The number of nitrogens with two attached hydrogens (primary N) is 1. The Labute approximate surface area is 102 Å². The monoisotopic (exact) mass is 223 g/mol. The molecular weight excluding hydrogens is 206 g/mol. The number of hydrogen-bond donors (Lipinski definition) is 1. The van der Waals surface area contributed by atoms with Crippen molar-refractivity contribution in [2.45, 2.75) is 25.8 Å². The predicted octanol–water partition coefficient (Wildman–Crippen LogP) is 3.30. The van der Waals surface area contributed by atoms with Gasteiger partial charge in [0.2, 0.25) is 0 Å². The van der Waals surface area contributed by atoms with Crippen molar-refractivity contribution in [3.63, 3.8) is 0 Å². The lowest BCUT2D eigenvalue weighted by molar-refractivity contribution is 0.912. The van der Waals surface area contributed by atoms with Gasteiger partial charge in [0.1, 0.15) is 0 Å². The summed E-state index contributed by atoms with van der Waals surface area (Å²) in [4.78, 5) is 0. The van der Waals surface area contributed by atoms with Gasteiger partial charge < -0.3 is 5.73 Å². The minimum absolute atomic E-state index is 0.610. The largest absolute Gasteiger partial charge is 0.326 e. The number of aryl methyl sites for hydroxylation is 2. The average molecular weight is 223 g/mol. The van der Waals surface area contributed by atoms with Crippen LogP contribution in [0.3, 0.4) is 0 Å². The SMILES string of the molecule is NCc1cccc(-c2ccc3c(c2)CCC3)c1. The summed E-state index contributed by atoms with van der Waals surface area (Å²) in [5.74, 6) is 0. The number of hydrogen-bond acceptors (Lipinski definition) is 1. The van der Waals surface area contributed by atoms with Crippen LogP contribution in [0.5, 0.6) is 0 Å². The van der Waals surface area contributed by atoms with Crippen LogP contribution in [-0.2, 0) is 19.4 Å². The van der Waals surface area contributed by atoms with Gasteiger partial charge in [0.25, 0.3) is 0 Å². The molecule has 86 valence electrons. The minimum Gasteiger partial charge on any atom is -0.326 e. The van der Waals surface area contributed by atoms with Gasteiger partial charge in [0, 0.05) is 6.54 Å². The molecule has 0 saturated heterocycles. The van der Waals surface area contributed by atoms with Gasteiger partial charge in [-0.05, 0) is 53.1 Å². The standard InChI is InChI=1S/C16H17N/c17-11-12-3-1-5-14(9-12)16-8-7-13-4-2-6-15(13)10-16/h1,3,5,7-10H,2,4,6,11,17H2. The van der Waals surface area contributed by atoms with E-state index in [9.17, 15) is 0 Å². The quantitative estimate of drug-likeness (QED) is 0.830. The first-order valence-corrected chi connectivity index (χ1v) is 6.28. The van der Waals surface area contributed by atoms with Gasteiger partial charge in [-0.1, -0.05) is 36.4 Å². The van der Waals surface area contributed by atoms with Gasteiger partial charge in [-0.2, -0.15) is 0 Å². The normalized spacial score (nSPS) is 13.7. The van der Waals surface area contributed by atoms with Gasteiger partial charge >= 0.3 is 0 Å². The second kappa shape index (κ2) is 4.34. The fourth-order valence-corrected chi connectivity index (χ4v) is 2.63. The molecule has 0 radical (unpaired) electrons. The van der Waals surface area contributed by atoms with E-state index in [1.807, 2.05) is 0 Å². The molecule has 0 amide bonds. The van der Waals surface area contributed by atoms with E-state index in [0.717, 1.165) is 0 Å². The highest BCUT2D eigenvalue weighted by atomic mass is 14.5. The van der Waals surface area contributed by atoms with Crippen molar-refractivity contribution in [3.8, 4) is 11.1 Å². The fourth-order valence-electron chi connectivity index (χ4n) is 2.63. The van der Waals surface area contributed by atoms with Crippen molar-refractivity contribution >= 4 is 0 Å².